The Morgan fingerprint density at radius 2 is 1.45 bits per heavy atom. The minimum Gasteiger partial charge on any atom is -0.398 e. The standard InChI is InChI=1S/C16H15N3O/c17-15(12-7-3-1-4-8-12)14(16(18)20)11-19-13-9-5-2-6-10-13/h1-11H,17H2,(H2,18,20)/b15-14+,19-11?. The Labute approximate surface area is 117 Å². The fraction of sp³-hybridized carbons (Fsp3) is 0. The van der Waals surface area contributed by atoms with Gasteiger partial charge in [0.05, 0.1) is 17.0 Å². The third-order valence-electron chi connectivity index (χ3n) is 2.74. The first-order valence-electron chi connectivity index (χ1n) is 6.12. The molecule has 0 aromatic heterocycles. The Balaban J connectivity index is 2.37. The van der Waals surface area contributed by atoms with Crippen LogP contribution in [-0.2, 0) is 4.79 Å². The molecule has 1 amide bonds. The van der Waals surface area contributed by atoms with E-state index in [1.54, 1.807) is 0 Å². The molecular weight excluding hydrogens is 250 g/mol. The van der Waals surface area contributed by atoms with Crippen LogP contribution in [-0.4, -0.2) is 12.1 Å². The second kappa shape index (κ2) is 6.33. The lowest BCUT2D eigenvalue weighted by atomic mass is 10.1. The van der Waals surface area contributed by atoms with Gasteiger partial charge in [-0.2, -0.15) is 0 Å². The number of aliphatic imine (C=N–C) groups is 1. The SMILES string of the molecule is NC(=O)/C(C=Nc1ccccc1)=C(/N)c1ccccc1. The predicted molar refractivity (Wildman–Crippen MR) is 81.3 cm³/mol. The maximum absolute atomic E-state index is 11.5. The van der Waals surface area contributed by atoms with Crippen molar-refractivity contribution >= 4 is 23.5 Å². The second-order valence-electron chi connectivity index (χ2n) is 4.15. The van der Waals surface area contributed by atoms with Gasteiger partial charge in [-0.05, 0) is 17.7 Å². The van der Waals surface area contributed by atoms with E-state index < -0.39 is 5.91 Å². The van der Waals surface area contributed by atoms with E-state index in [1.807, 2.05) is 60.7 Å². The van der Waals surface area contributed by atoms with Gasteiger partial charge in [-0.3, -0.25) is 9.79 Å². The van der Waals surface area contributed by atoms with Crippen LogP contribution >= 0.6 is 0 Å². The average molecular weight is 265 g/mol. The molecule has 4 heteroatoms. The number of hydrogen-bond donors (Lipinski definition) is 2. The first kappa shape index (κ1) is 13.5. The normalized spacial score (nSPS) is 12.2. The summed E-state index contributed by atoms with van der Waals surface area (Å²) in [5.41, 5.74) is 13.3. The molecule has 0 saturated heterocycles. The molecule has 0 unspecified atom stereocenters. The van der Waals surface area contributed by atoms with Crippen LogP contribution in [0.3, 0.4) is 0 Å². The Bertz CT molecular complexity index is 646. The van der Waals surface area contributed by atoms with Gasteiger partial charge in [0, 0.05) is 6.21 Å². The number of rotatable bonds is 4. The van der Waals surface area contributed by atoms with Gasteiger partial charge in [0.1, 0.15) is 0 Å². The van der Waals surface area contributed by atoms with Crippen molar-refractivity contribution in [1.82, 2.24) is 0 Å². The van der Waals surface area contributed by atoms with E-state index >= 15 is 0 Å². The molecule has 0 aliphatic rings. The van der Waals surface area contributed by atoms with Crippen LogP contribution < -0.4 is 11.5 Å². The van der Waals surface area contributed by atoms with E-state index in [1.165, 1.54) is 6.21 Å². The molecule has 0 aliphatic carbocycles. The first-order chi connectivity index (χ1) is 9.68. The molecule has 2 rings (SSSR count). The van der Waals surface area contributed by atoms with Gasteiger partial charge in [0.15, 0.2) is 0 Å². The molecule has 0 spiro atoms. The van der Waals surface area contributed by atoms with Gasteiger partial charge < -0.3 is 11.5 Å². The molecule has 0 heterocycles. The van der Waals surface area contributed by atoms with E-state index in [4.69, 9.17) is 11.5 Å². The van der Waals surface area contributed by atoms with Crippen molar-refractivity contribution in [3.05, 3.63) is 71.8 Å². The Hall–Kier alpha value is -2.88. The van der Waals surface area contributed by atoms with Crippen LogP contribution in [0.15, 0.2) is 71.2 Å². The van der Waals surface area contributed by atoms with Crippen molar-refractivity contribution in [1.29, 1.82) is 0 Å². The lowest BCUT2D eigenvalue weighted by Crippen LogP contribution is -2.19. The molecule has 0 aliphatic heterocycles. The van der Waals surface area contributed by atoms with Crippen molar-refractivity contribution in [2.75, 3.05) is 0 Å². The Morgan fingerprint density at radius 3 is 2.00 bits per heavy atom. The Kier molecular flexibility index (Phi) is 4.29. The number of nitrogens with zero attached hydrogens (tertiary/aromatic N) is 1. The number of carbonyl (C=O) groups excluding carboxylic acids is 1. The minimum atomic E-state index is -0.606. The van der Waals surface area contributed by atoms with E-state index in [2.05, 4.69) is 4.99 Å². The third kappa shape index (κ3) is 3.32. The quantitative estimate of drug-likeness (QED) is 0.656. The summed E-state index contributed by atoms with van der Waals surface area (Å²) in [7, 11) is 0. The molecule has 0 bridgehead atoms. The highest BCUT2D eigenvalue weighted by atomic mass is 16.1. The van der Waals surface area contributed by atoms with Crippen molar-refractivity contribution < 1.29 is 4.79 Å². The van der Waals surface area contributed by atoms with E-state index in [9.17, 15) is 4.79 Å². The highest BCUT2D eigenvalue weighted by Gasteiger charge is 2.09. The highest BCUT2D eigenvalue weighted by Crippen LogP contribution is 2.14. The molecule has 0 atom stereocenters. The number of para-hydroxylation sites is 1. The Morgan fingerprint density at radius 1 is 0.900 bits per heavy atom. The van der Waals surface area contributed by atoms with Crippen LogP contribution in [0.2, 0.25) is 0 Å². The molecule has 0 saturated carbocycles. The van der Waals surface area contributed by atoms with Gasteiger partial charge in [-0.1, -0.05) is 48.5 Å². The number of amides is 1. The zero-order chi connectivity index (χ0) is 14.4. The third-order valence-corrected chi connectivity index (χ3v) is 2.74. The summed E-state index contributed by atoms with van der Waals surface area (Å²) in [6.07, 6.45) is 1.40. The van der Waals surface area contributed by atoms with Crippen LogP contribution in [0, 0.1) is 0 Å². The number of hydrogen-bond acceptors (Lipinski definition) is 3. The fourth-order valence-corrected chi connectivity index (χ4v) is 1.69. The number of carbonyl (C=O) groups is 1. The minimum absolute atomic E-state index is 0.194. The predicted octanol–water partition coefficient (Wildman–Crippen LogP) is 2.24. The van der Waals surface area contributed by atoms with Gasteiger partial charge in [0.25, 0.3) is 5.91 Å². The van der Waals surface area contributed by atoms with Gasteiger partial charge >= 0.3 is 0 Å². The van der Waals surface area contributed by atoms with Crippen molar-refractivity contribution in [2.24, 2.45) is 16.5 Å². The fourth-order valence-electron chi connectivity index (χ4n) is 1.69. The molecule has 2 aromatic carbocycles. The van der Waals surface area contributed by atoms with Gasteiger partial charge in [-0.15, -0.1) is 0 Å². The van der Waals surface area contributed by atoms with Gasteiger partial charge in [0.2, 0.25) is 0 Å². The molecule has 4 N–H and O–H groups in total. The molecular formula is C16H15N3O. The van der Waals surface area contributed by atoms with Crippen LogP contribution in [0.4, 0.5) is 5.69 Å². The summed E-state index contributed by atoms with van der Waals surface area (Å²) < 4.78 is 0. The first-order valence-corrected chi connectivity index (χ1v) is 6.12. The maximum Gasteiger partial charge on any atom is 0.252 e. The monoisotopic (exact) mass is 265 g/mol. The largest absolute Gasteiger partial charge is 0.398 e. The molecule has 2 aromatic rings. The summed E-state index contributed by atoms with van der Waals surface area (Å²) in [4.78, 5) is 15.7. The van der Waals surface area contributed by atoms with Gasteiger partial charge in [-0.25, -0.2) is 0 Å². The lowest BCUT2D eigenvalue weighted by Gasteiger charge is -2.05. The van der Waals surface area contributed by atoms with Crippen LogP contribution in [0.1, 0.15) is 5.56 Å². The lowest BCUT2D eigenvalue weighted by molar-refractivity contribution is -0.114. The molecule has 100 valence electrons. The summed E-state index contributed by atoms with van der Waals surface area (Å²) >= 11 is 0. The molecule has 0 radical (unpaired) electrons. The molecule has 0 fully saturated rings. The van der Waals surface area contributed by atoms with E-state index in [-0.39, 0.29) is 5.57 Å². The number of nitrogens with two attached hydrogens (primary N) is 2. The molecule has 4 nitrogen and oxygen atoms in total. The zero-order valence-electron chi connectivity index (χ0n) is 10.9. The van der Waals surface area contributed by atoms with E-state index in [0.29, 0.717) is 5.70 Å². The van der Waals surface area contributed by atoms with Crippen molar-refractivity contribution in [3.8, 4) is 0 Å². The smallest absolute Gasteiger partial charge is 0.252 e. The second-order valence-corrected chi connectivity index (χ2v) is 4.15. The topological polar surface area (TPSA) is 81.5 Å². The zero-order valence-corrected chi connectivity index (χ0v) is 10.9. The summed E-state index contributed by atoms with van der Waals surface area (Å²) in [5, 5.41) is 0. The average Bonchev–Trinajstić information content (AvgIpc) is 2.49. The number of benzene rings is 2. The summed E-state index contributed by atoms with van der Waals surface area (Å²) in [6, 6.07) is 18.5. The van der Waals surface area contributed by atoms with Crippen molar-refractivity contribution in [2.45, 2.75) is 0 Å². The maximum atomic E-state index is 11.5. The van der Waals surface area contributed by atoms with E-state index in [0.717, 1.165) is 11.3 Å². The molecule has 20 heavy (non-hydrogen) atoms. The summed E-state index contributed by atoms with van der Waals surface area (Å²) in [6.45, 7) is 0. The van der Waals surface area contributed by atoms with Crippen molar-refractivity contribution in [3.63, 3.8) is 0 Å². The summed E-state index contributed by atoms with van der Waals surface area (Å²) in [5.74, 6) is -0.606. The van der Waals surface area contributed by atoms with Crippen LogP contribution in [0.25, 0.3) is 5.70 Å². The van der Waals surface area contributed by atoms with Crippen LogP contribution in [0.5, 0.6) is 0 Å². The highest BCUT2D eigenvalue weighted by molar-refractivity contribution is 6.17. The number of primary amides is 1.